The van der Waals surface area contributed by atoms with Gasteiger partial charge in [0, 0.05) is 0 Å². The van der Waals surface area contributed by atoms with Gasteiger partial charge >= 0.3 is 0 Å². The van der Waals surface area contributed by atoms with E-state index >= 15 is 0 Å². The second-order valence-corrected chi connectivity index (χ2v) is 3.92. The minimum absolute atomic E-state index is 0. The van der Waals surface area contributed by atoms with Gasteiger partial charge in [-0.25, -0.2) is 15.0 Å². The van der Waals surface area contributed by atoms with E-state index in [9.17, 15) is 0 Å². The molecule has 0 aromatic carbocycles. The van der Waals surface area contributed by atoms with E-state index in [0.717, 1.165) is 10.6 Å². The summed E-state index contributed by atoms with van der Waals surface area (Å²) in [6.45, 7) is 0. The number of nitrogens with zero attached hydrogens (tertiary/aromatic N) is 4. The van der Waals surface area contributed by atoms with Crippen LogP contribution in [0.5, 0.6) is 0 Å². The summed E-state index contributed by atoms with van der Waals surface area (Å²) in [6.07, 6.45) is 3.16. The summed E-state index contributed by atoms with van der Waals surface area (Å²) in [7, 11) is 0. The van der Waals surface area contributed by atoms with Gasteiger partial charge in [-0.1, -0.05) is 0 Å². The maximum absolute atomic E-state index is 5.70. The van der Waals surface area contributed by atoms with Crippen molar-refractivity contribution in [2.24, 2.45) is 0 Å². The Balaban J connectivity index is 0.000000963. The largest absolute Gasteiger partial charge is 0.382 e. The van der Waals surface area contributed by atoms with Crippen LogP contribution in [0, 0.1) is 0 Å². The SMILES string of the molecule is Cl.Nc1ncnc2c1ncn2-c1cccs1. The lowest BCUT2D eigenvalue weighted by Crippen LogP contribution is -1.95. The Kier molecular flexibility index (Phi) is 2.76. The molecule has 3 aromatic heterocycles. The van der Waals surface area contributed by atoms with E-state index in [0.29, 0.717) is 11.3 Å². The fourth-order valence-electron chi connectivity index (χ4n) is 1.42. The highest BCUT2D eigenvalue weighted by atomic mass is 35.5. The molecule has 0 amide bonds. The van der Waals surface area contributed by atoms with E-state index in [4.69, 9.17) is 5.73 Å². The Labute approximate surface area is 101 Å². The molecule has 0 aliphatic heterocycles. The van der Waals surface area contributed by atoms with Gasteiger partial charge < -0.3 is 5.73 Å². The van der Waals surface area contributed by atoms with Crippen LogP contribution in [0.2, 0.25) is 0 Å². The van der Waals surface area contributed by atoms with Crippen molar-refractivity contribution in [3.63, 3.8) is 0 Å². The first kappa shape index (κ1) is 10.8. The molecule has 82 valence electrons. The van der Waals surface area contributed by atoms with Gasteiger partial charge in [0.15, 0.2) is 17.0 Å². The maximum atomic E-state index is 5.70. The Morgan fingerprint density at radius 2 is 2.12 bits per heavy atom. The number of nitrogen functional groups attached to an aromatic ring is 1. The van der Waals surface area contributed by atoms with E-state index < -0.39 is 0 Å². The molecule has 16 heavy (non-hydrogen) atoms. The molecule has 0 fully saturated rings. The van der Waals surface area contributed by atoms with Crippen molar-refractivity contribution >= 4 is 40.7 Å². The van der Waals surface area contributed by atoms with Crippen molar-refractivity contribution in [3.8, 4) is 5.00 Å². The zero-order chi connectivity index (χ0) is 10.3. The number of hydrogen-bond acceptors (Lipinski definition) is 5. The smallest absolute Gasteiger partial charge is 0.170 e. The van der Waals surface area contributed by atoms with Crippen molar-refractivity contribution < 1.29 is 0 Å². The van der Waals surface area contributed by atoms with Crippen LogP contribution < -0.4 is 5.73 Å². The summed E-state index contributed by atoms with van der Waals surface area (Å²) >= 11 is 1.62. The molecule has 0 saturated carbocycles. The number of fused-ring (bicyclic) bond motifs is 1. The first-order chi connectivity index (χ1) is 7.36. The molecule has 0 unspecified atom stereocenters. The molecular weight excluding hydrogens is 246 g/mol. The van der Waals surface area contributed by atoms with Gasteiger partial charge in [-0.15, -0.1) is 23.7 Å². The minimum atomic E-state index is 0. The quantitative estimate of drug-likeness (QED) is 0.719. The van der Waals surface area contributed by atoms with Crippen LogP contribution in [0.25, 0.3) is 16.2 Å². The topological polar surface area (TPSA) is 69.6 Å². The second-order valence-electron chi connectivity index (χ2n) is 3.00. The highest BCUT2D eigenvalue weighted by molar-refractivity contribution is 7.12. The molecule has 2 N–H and O–H groups in total. The predicted octanol–water partition coefficient (Wildman–Crippen LogP) is 1.88. The Morgan fingerprint density at radius 3 is 2.88 bits per heavy atom. The second kappa shape index (κ2) is 4.07. The molecule has 5 nitrogen and oxygen atoms in total. The summed E-state index contributed by atoms with van der Waals surface area (Å²) < 4.78 is 1.90. The van der Waals surface area contributed by atoms with Crippen molar-refractivity contribution in [1.82, 2.24) is 19.5 Å². The summed E-state index contributed by atoms with van der Waals surface area (Å²) in [4.78, 5) is 12.3. The lowest BCUT2D eigenvalue weighted by molar-refractivity contribution is 1.08. The number of aromatic nitrogens is 4. The Bertz CT molecular complexity index is 603. The monoisotopic (exact) mass is 253 g/mol. The van der Waals surface area contributed by atoms with E-state index in [1.807, 2.05) is 22.1 Å². The third-order valence-electron chi connectivity index (χ3n) is 2.11. The van der Waals surface area contributed by atoms with E-state index in [1.165, 1.54) is 6.33 Å². The molecule has 3 rings (SSSR count). The van der Waals surface area contributed by atoms with Crippen LogP contribution in [0.3, 0.4) is 0 Å². The number of imidazole rings is 1. The van der Waals surface area contributed by atoms with Gasteiger partial charge in [0.1, 0.15) is 17.7 Å². The summed E-state index contributed by atoms with van der Waals surface area (Å²) in [5.41, 5.74) is 7.08. The first-order valence-electron chi connectivity index (χ1n) is 4.33. The van der Waals surface area contributed by atoms with Crippen molar-refractivity contribution in [2.75, 3.05) is 5.73 Å². The van der Waals surface area contributed by atoms with Crippen LogP contribution >= 0.6 is 23.7 Å². The number of rotatable bonds is 1. The van der Waals surface area contributed by atoms with Gasteiger partial charge in [0.2, 0.25) is 0 Å². The highest BCUT2D eigenvalue weighted by Crippen LogP contribution is 2.21. The lowest BCUT2D eigenvalue weighted by atomic mass is 10.5. The van der Waals surface area contributed by atoms with Gasteiger partial charge in [0.25, 0.3) is 0 Å². The summed E-state index contributed by atoms with van der Waals surface area (Å²) in [5.74, 6) is 0.412. The van der Waals surface area contributed by atoms with Crippen LogP contribution in [0.1, 0.15) is 0 Å². The third kappa shape index (κ3) is 1.52. The van der Waals surface area contributed by atoms with Crippen molar-refractivity contribution in [3.05, 3.63) is 30.2 Å². The number of thiophene rings is 1. The van der Waals surface area contributed by atoms with Crippen LogP contribution in [0.4, 0.5) is 5.82 Å². The molecule has 0 atom stereocenters. The molecular formula is C9H8ClN5S. The standard InChI is InChI=1S/C9H7N5S.ClH/c10-8-7-9(12-4-11-8)14(5-13-7)6-2-1-3-15-6;/h1-5H,(H2,10,11,12);1H. The zero-order valence-corrected chi connectivity index (χ0v) is 9.70. The highest BCUT2D eigenvalue weighted by Gasteiger charge is 2.08. The molecule has 0 aliphatic rings. The van der Waals surface area contributed by atoms with Gasteiger partial charge in [-0.3, -0.25) is 4.57 Å². The Morgan fingerprint density at radius 1 is 1.25 bits per heavy atom. The average molecular weight is 254 g/mol. The fraction of sp³-hybridized carbons (Fsp3) is 0. The van der Waals surface area contributed by atoms with Crippen LogP contribution in [-0.2, 0) is 0 Å². The first-order valence-corrected chi connectivity index (χ1v) is 5.21. The molecule has 0 aliphatic carbocycles. The molecule has 3 aromatic rings. The minimum Gasteiger partial charge on any atom is -0.382 e. The summed E-state index contributed by atoms with van der Waals surface area (Å²) in [6, 6.07) is 3.99. The number of hydrogen-bond donors (Lipinski definition) is 1. The molecule has 7 heteroatoms. The van der Waals surface area contributed by atoms with E-state index in [2.05, 4.69) is 15.0 Å². The van der Waals surface area contributed by atoms with Crippen molar-refractivity contribution in [2.45, 2.75) is 0 Å². The van der Waals surface area contributed by atoms with Gasteiger partial charge in [-0.2, -0.15) is 0 Å². The molecule has 3 heterocycles. The molecule has 0 spiro atoms. The van der Waals surface area contributed by atoms with Gasteiger partial charge in [0.05, 0.1) is 0 Å². The summed E-state index contributed by atoms with van der Waals surface area (Å²) in [5, 5.41) is 3.07. The normalized spacial score (nSPS) is 10.2. The van der Waals surface area contributed by atoms with E-state index in [1.54, 1.807) is 17.7 Å². The Hall–Kier alpha value is -1.66. The third-order valence-corrected chi connectivity index (χ3v) is 2.97. The van der Waals surface area contributed by atoms with Crippen molar-refractivity contribution in [1.29, 1.82) is 0 Å². The van der Waals surface area contributed by atoms with Gasteiger partial charge in [-0.05, 0) is 17.5 Å². The number of anilines is 1. The predicted molar refractivity (Wildman–Crippen MR) is 66.2 cm³/mol. The fourth-order valence-corrected chi connectivity index (χ4v) is 2.12. The van der Waals surface area contributed by atoms with E-state index in [-0.39, 0.29) is 12.4 Å². The number of halogens is 1. The average Bonchev–Trinajstić information content (AvgIpc) is 2.85. The maximum Gasteiger partial charge on any atom is 0.170 e. The number of nitrogens with two attached hydrogens (primary N) is 1. The molecule has 0 bridgehead atoms. The molecule has 0 saturated heterocycles. The van der Waals surface area contributed by atoms with Crippen LogP contribution in [-0.4, -0.2) is 19.5 Å². The molecule has 0 radical (unpaired) electrons. The van der Waals surface area contributed by atoms with Crippen LogP contribution in [0.15, 0.2) is 30.2 Å². The zero-order valence-electron chi connectivity index (χ0n) is 8.07. The lowest BCUT2D eigenvalue weighted by Gasteiger charge is -1.98.